The third-order valence-electron chi connectivity index (χ3n) is 3.85. The van der Waals surface area contributed by atoms with Crippen LogP contribution in [0.2, 0.25) is 0 Å². The van der Waals surface area contributed by atoms with E-state index in [2.05, 4.69) is 30.7 Å². The molecule has 1 heterocycles. The highest BCUT2D eigenvalue weighted by atomic mass is 16.5. The summed E-state index contributed by atoms with van der Waals surface area (Å²) < 4.78 is 5.94. The first-order valence-corrected chi connectivity index (χ1v) is 6.99. The van der Waals surface area contributed by atoms with Gasteiger partial charge in [-0.15, -0.1) is 0 Å². The molecule has 4 heteroatoms. The lowest BCUT2D eigenvalue weighted by Gasteiger charge is -2.38. The van der Waals surface area contributed by atoms with Gasteiger partial charge in [-0.1, -0.05) is 20.8 Å². The second-order valence-electron chi connectivity index (χ2n) is 6.57. The van der Waals surface area contributed by atoms with Gasteiger partial charge in [0.15, 0.2) is 0 Å². The summed E-state index contributed by atoms with van der Waals surface area (Å²) in [5.74, 6) is 0.673. The number of rotatable bonds is 3. The van der Waals surface area contributed by atoms with Crippen molar-refractivity contribution in [3.05, 3.63) is 17.5 Å². The first-order chi connectivity index (χ1) is 8.89. The number of aryl methyl sites for hydroxylation is 1. The molecule has 1 aliphatic carbocycles. The predicted octanol–water partition coefficient (Wildman–Crippen LogP) is 2.87. The smallest absolute Gasteiger partial charge is 0.316 e. The Morgan fingerprint density at radius 2 is 2.16 bits per heavy atom. The molecular formula is C15H24N2O2. The van der Waals surface area contributed by atoms with Crippen LogP contribution in [0.15, 0.2) is 6.20 Å². The fraction of sp³-hybridized carbons (Fsp3) is 0.733. The lowest BCUT2D eigenvalue weighted by atomic mass is 9.71. The van der Waals surface area contributed by atoms with Crippen LogP contribution in [0.1, 0.15) is 51.3 Å². The van der Waals surface area contributed by atoms with Crippen molar-refractivity contribution in [2.45, 2.75) is 59.7 Å². The van der Waals surface area contributed by atoms with Gasteiger partial charge in [-0.3, -0.25) is 0 Å². The van der Waals surface area contributed by atoms with Gasteiger partial charge in [0.2, 0.25) is 0 Å². The summed E-state index contributed by atoms with van der Waals surface area (Å²) in [6.45, 7) is 8.70. The van der Waals surface area contributed by atoms with Crippen LogP contribution in [0, 0.1) is 18.3 Å². The van der Waals surface area contributed by atoms with Gasteiger partial charge in [0.1, 0.15) is 6.10 Å². The fourth-order valence-corrected chi connectivity index (χ4v) is 3.18. The topological polar surface area (TPSA) is 55.2 Å². The molecule has 19 heavy (non-hydrogen) atoms. The molecule has 2 atom stereocenters. The lowest BCUT2D eigenvalue weighted by Crippen LogP contribution is -2.34. The second-order valence-corrected chi connectivity index (χ2v) is 6.57. The van der Waals surface area contributed by atoms with E-state index < -0.39 is 0 Å². The molecule has 1 N–H and O–H groups in total. The number of aromatic nitrogens is 2. The van der Waals surface area contributed by atoms with Gasteiger partial charge in [0.05, 0.1) is 12.3 Å². The van der Waals surface area contributed by atoms with E-state index in [0.29, 0.717) is 17.3 Å². The predicted molar refractivity (Wildman–Crippen MR) is 73.9 cm³/mol. The van der Waals surface area contributed by atoms with Crippen molar-refractivity contribution >= 4 is 0 Å². The van der Waals surface area contributed by atoms with Crippen molar-refractivity contribution in [3.8, 4) is 6.01 Å². The molecule has 0 saturated heterocycles. The number of aliphatic hydroxyl groups excluding tert-OH is 1. The average Bonchev–Trinajstić information content (AvgIpc) is 2.26. The van der Waals surface area contributed by atoms with Gasteiger partial charge >= 0.3 is 6.01 Å². The van der Waals surface area contributed by atoms with Crippen molar-refractivity contribution < 1.29 is 9.84 Å². The van der Waals surface area contributed by atoms with Crippen molar-refractivity contribution in [1.29, 1.82) is 0 Å². The highest BCUT2D eigenvalue weighted by Gasteiger charge is 2.33. The summed E-state index contributed by atoms with van der Waals surface area (Å²) >= 11 is 0. The number of hydrogen-bond acceptors (Lipinski definition) is 4. The van der Waals surface area contributed by atoms with Gasteiger partial charge in [-0.05, 0) is 37.5 Å². The first kappa shape index (κ1) is 14.3. The summed E-state index contributed by atoms with van der Waals surface area (Å²) in [7, 11) is 0. The van der Waals surface area contributed by atoms with Gasteiger partial charge < -0.3 is 9.84 Å². The zero-order chi connectivity index (χ0) is 14.0. The fourth-order valence-electron chi connectivity index (χ4n) is 3.18. The van der Waals surface area contributed by atoms with Crippen LogP contribution >= 0.6 is 0 Å². The summed E-state index contributed by atoms with van der Waals surface area (Å²) in [5.41, 5.74) is 1.86. The molecule has 106 valence electrons. The van der Waals surface area contributed by atoms with E-state index in [1.54, 1.807) is 6.20 Å². The first-order valence-electron chi connectivity index (χ1n) is 6.99. The Morgan fingerprint density at radius 1 is 1.42 bits per heavy atom. The van der Waals surface area contributed by atoms with E-state index >= 15 is 0 Å². The Bertz CT molecular complexity index is 446. The maximum Gasteiger partial charge on any atom is 0.316 e. The highest BCUT2D eigenvalue weighted by molar-refractivity contribution is 5.16. The summed E-state index contributed by atoms with van der Waals surface area (Å²) in [6, 6.07) is 0.435. The largest absolute Gasteiger partial charge is 0.460 e. The number of hydrogen-bond donors (Lipinski definition) is 1. The molecule has 0 radical (unpaired) electrons. The molecule has 4 nitrogen and oxygen atoms in total. The summed E-state index contributed by atoms with van der Waals surface area (Å²) in [5, 5.41) is 9.11. The zero-order valence-corrected chi connectivity index (χ0v) is 12.3. The Hall–Kier alpha value is -1.16. The molecule has 1 fully saturated rings. The molecule has 1 saturated carbocycles. The minimum atomic E-state index is -0.0282. The minimum absolute atomic E-state index is 0.0282. The normalized spacial score (nSPS) is 26.2. The van der Waals surface area contributed by atoms with Crippen LogP contribution < -0.4 is 4.74 Å². The van der Waals surface area contributed by atoms with Crippen molar-refractivity contribution in [2.24, 2.45) is 11.3 Å². The molecule has 0 amide bonds. The van der Waals surface area contributed by atoms with Crippen molar-refractivity contribution in [3.63, 3.8) is 0 Å². The Morgan fingerprint density at radius 3 is 2.74 bits per heavy atom. The van der Waals surface area contributed by atoms with E-state index in [9.17, 15) is 0 Å². The average molecular weight is 264 g/mol. The second kappa shape index (κ2) is 5.45. The molecule has 0 aliphatic heterocycles. The molecule has 1 aromatic rings. The quantitative estimate of drug-likeness (QED) is 0.912. The van der Waals surface area contributed by atoms with E-state index in [4.69, 9.17) is 9.84 Å². The Kier molecular flexibility index (Phi) is 4.09. The van der Waals surface area contributed by atoms with E-state index in [-0.39, 0.29) is 12.7 Å². The van der Waals surface area contributed by atoms with Crippen LogP contribution in [0.3, 0.4) is 0 Å². The Labute approximate surface area is 115 Å². The van der Waals surface area contributed by atoms with E-state index in [0.717, 1.165) is 24.1 Å². The maximum absolute atomic E-state index is 9.11. The molecule has 0 bridgehead atoms. The third-order valence-corrected chi connectivity index (χ3v) is 3.85. The van der Waals surface area contributed by atoms with Gasteiger partial charge in [0, 0.05) is 11.8 Å². The summed E-state index contributed by atoms with van der Waals surface area (Å²) in [6.07, 6.45) is 5.19. The maximum atomic E-state index is 9.11. The Balaban J connectivity index is 2.06. The molecule has 2 rings (SSSR count). The minimum Gasteiger partial charge on any atom is -0.460 e. The van der Waals surface area contributed by atoms with Crippen LogP contribution in [0.25, 0.3) is 0 Å². The van der Waals surface area contributed by atoms with Gasteiger partial charge in [-0.25, -0.2) is 9.97 Å². The van der Waals surface area contributed by atoms with Crippen LogP contribution in [0.5, 0.6) is 6.01 Å². The lowest BCUT2D eigenvalue weighted by molar-refractivity contribution is 0.0497. The molecule has 1 aliphatic rings. The molecule has 0 aromatic carbocycles. The van der Waals surface area contributed by atoms with E-state index in [1.807, 2.05) is 6.92 Å². The third kappa shape index (κ3) is 3.66. The van der Waals surface area contributed by atoms with E-state index in [1.165, 1.54) is 6.42 Å². The molecule has 1 aromatic heterocycles. The molecular weight excluding hydrogens is 240 g/mol. The number of ether oxygens (including phenoxy) is 1. The van der Waals surface area contributed by atoms with Gasteiger partial charge in [-0.2, -0.15) is 0 Å². The van der Waals surface area contributed by atoms with Crippen LogP contribution in [0.4, 0.5) is 0 Å². The number of aliphatic hydroxyl groups is 1. The van der Waals surface area contributed by atoms with Crippen LogP contribution in [-0.4, -0.2) is 21.2 Å². The molecule has 2 unspecified atom stereocenters. The summed E-state index contributed by atoms with van der Waals surface area (Å²) in [4.78, 5) is 8.50. The highest BCUT2D eigenvalue weighted by Crippen LogP contribution is 2.39. The number of nitrogens with zero attached hydrogens (tertiary/aromatic N) is 2. The SMILES string of the molecule is Cc1nc(OC2CC(C)CC(C)(C)C2)ncc1CO. The van der Waals surface area contributed by atoms with Crippen LogP contribution in [-0.2, 0) is 6.61 Å². The van der Waals surface area contributed by atoms with Gasteiger partial charge in [0.25, 0.3) is 0 Å². The van der Waals surface area contributed by atoms with Crippen molar-refractivity contribution in [1.82, 2.24) is 9.97 Å². The zero-order valence-electron chi connectivity index (χ0n) is 12.3. The molecule has 0 spiro atoms. The monoisotopic (exact) mass is 264 g/mol. The van der Waals surface area contributed by atoms with Crippen molar-refractivity contribution in [2.75, 3.05) is 0 Å². The standard InChI is InChI=1S/C15H24N2O2/c1-10-5-13(7-15(3,4)6-10)19-14-16-8-12(9-18)11(2)17-14/h8,10,13,18H,5-7,9H2,1-4H3.